The van der Waals surface area contributed by atoms with Crippen molar-refractivity contribution in [2.45, 2.75) is 51.2 Å². The van der Waals surface area contributed by atoms with E-state index in [4.69, 9.17) is 0 Å². The van der Waals surface area contributed by atoms with Gasteiger partial charge < -0.3 is 10.0 Å². The van der Waals surface area contributed by atoms with E-state index in [-0.39, 0.29) is 6.10 Å². The van der Waals surface area contributed by atoms with E-state index in [1.54, 1.807) is 0 Å². The quantitative estimate of drug-likeness (QED) is 0.906. The molecule has 0 unspecified atom stereocenters. The Morgan fingerprint density at radius 3 is 2.14 bits per heavy atom. The second-order valence-corrected chi connectivity index (χ2v) is 6.98. The lowest BCUT2D eigenvalue weighted by molar-refractivity contribution is 0.0792. The van der Waals surface area contributed by atoms with Crippen molar-refractivity contribution in [2.24, 2.45) is 0 Å². The molecule has 122 valence electrons. The first-order chi connectivity index (χ1) is 10.8. The summed E-state index contributed by atoms with van der Waals surface area (Å²) in [6, 6.07) is 9.18. The number of nitrogens with zero attached hydrogens (tertiary/aromatic N) is 2. The third kappa shape index (κ3) is 4.80. The molecular weight excluding hydrogens is 272 g/mol. The molecule has 1 aromatic rings. The number of piperidine rings is 2. The Hall–Kier alpha value is -0.900. The molecule has 1 aromatic carbocycles. The topological polar surface area (TPSA) is 26.7 Å². The van der Waals surface area contributed by atoms with Crippen molar-refractivity contribution in [1.29, 1.82) is 0 Å². The van der Waals surface area contributed by atoms with Gasteiger partial charge in [0.15, 0.2) is 0 Å². The Kier molecular flexibility index (Phi) is 5.88. The van der Waals surface area contributed by atoms with E-state index in [1.165, 1.54) is 56.4 Å². The van der Waals surface area contributed by atoms with Crippen molar-refractivity contribution in [3.63, 3.8) is 0 Å². The molecule has 22 heavy (non-hydrogen) atoms. The predicted octanol–water partition coefficient (Wildman–Crippen LogP) is 2.67. The molecule has 2 saturated heterocycles. The molecule has 0 aromatic heterocycles. The van der Waals surface area contributed by atoms with Gasteiger partial charge >= 0.3 is 0 Å². The van der Waals surface area contributed by atoms with Crippen molar-refractivity contribution in [3.8, 4) is 0 Å². The lowest BCUT2D eigenvalue weighted by Crippen LogP contribution is -2.35. The maximum absolute atomic E-state index is 9.57. The van der Waals surface area contributed by atoms with Crippen LogP contribution < -0.4 is 0 Å². The smallest absolute Gasteiger partial charge is 0.0564 e. The van der Waals surface area contributed by atoms with E-state index in [2.05, 4.69) is 34.1 Å². The molecule has 0 amide bonds. The monoisotopic (exact) mass is 302 g/mol. The molecule has 2 aliphatic heterocycles. The third-order valence-electron chi connectivity index (χ3n) is 5.15. The van der Waals surface area contributed by atoms with Crippen molar-refractivity contribution >= 4 is 0 Å². The number of hydrogen-bond acceptors (Lipinski definition) is 3. The molecule has 2 heterocycles. The van der Waals surface area contributed by atoms with E-state index >= 15 is 0 Å². The maximum atomic E-state index is 9.57. The number of aliphatic hydroxyl groups excluding tert-OH is 1. The van der Waals surface area contributed by atoms with Crippen LogP contribution in [-0.4, -0.2) is 53.7 Å². The standard InChI is InChI=1S/C19H30N2O/c22-19-9-14-21(15-10-19)16-18-6-4-17(5-7-18)8-13-20-11-2-1-3-12-20/h4-7,19,22H,1-3,8-16H2. The van der Waals surface area contributed by atoms with Gasteiger partial charge in [-0.2, -0.15) is 0 Å². The molecule has 0 aliphatic carbocycles. The summed E-state index contributed by atoms with van der Waals surface area (Å²) in [4.78, 5) is 5.06. The summed E-state index contributed by atoms with van der Waals surface area (Å²) in [6.45, 7) is 6.87. The molecular formula is C19H30N2O. The fourth-order valence-corrected chi connectivity index (χ4v) is 3.62. The van der Waals surface area contributed by atoms with Crippen LogP contribution in [0.2, 0.25) is 0 Å². The van der Waals surface area contributed by atoms with Crippen LogP contribution in [0.5, 0.6) is 0 Å². The summed E-state index contributed by atoms with van der Waals surface area (Å²) in [5.41, 5.74) is 2.86. The van der Waals surface area contributed by atoms with Crippen LogP contribution in [0.4, 0.5) is 0 Å². The molecule has 2 aliphatic rings. The van der Waals surface area contributed by atoms with E-state index in [0.29, 0.717) is 0 Å². The Labute approximate surface area is 134 Å². The zero-order valence-corrected chi connectivity index (χ0v) is 13.7. The molecule has 0 saturated carbocycles. The zero-order valence-electron chi connectivity index (χ0n) is 13.7. The van der Waals surface area contributed by atoms with E-state index < -0.39 is 0 Å². The van der Waals surface area contributed by atoms with Crippen LogP contribution >= 0.6 is 0 Å². The highest BCUT2D eigenvalue weighted by Gasteiger charge is 2.16. The average Bonchev–Trinajstić information content (AvgIpc) is 2.57. The molecule has 0 radical (unpaired) electrons. The van der Waals surface area contributed by atoms with Crippen molar-refractivity contribution in [2.75, 3.05) is 32.7 Å². The van der Waals surface area contributed by atoms with Gasteiger partial charge in [-0.1, -0.05) is 30.7 Å². The molecule has 2 fully saturated rings. The number of hydrogen-bond donors (Lipinski definition) is 1. The van der Waals surface area contributed by atoms with Gasteiger partial charge in [0.25, 0.3) is 0 Å². The van der Waals surface area contributed by atoms with Gasteiger partial charge in [-0.25, -0.2) is 0 Å². The first-order valence-corrected chi connectivity index (χ1v) is 9.00. The normalized spacial score (nSPS) is 22.0. The summed E-state index contributed by atoms with van der Waals surface area (Å²) in [6.07, 6.45) is 7.12. The second kappa shape index (κ2) is 8.09. The summed E-state index contributed by atoms with van der Waals surface area (Å²) >= 11 is 0. The number of aliphatic hydroxyl groups is 1. The lowest BCUT2D eigenvalue weighted by atomic mass is 10.0. The minimum Gasteiger partial charge on any atom is -0.393 e. The highest BCUT2D eigenvalue weighted by Crippen LogP contribution is 2.15. The third-order valence-corrected chi connectivity index (χ3v) is 5.15. The van der Waals surface area contributed by atoms with Gasteiger partial charge in [-0.15, -0.1) is 0 Å². The Bertz CT molecular complexity index is 431. The van der Waals surface area contributed by atoms with Gasteiger partial charge in [-0.05, 0) is 56.3 Å². The Balaban J connectivity index is 1.43. The Morgan fingerprint density at radius 2 is 1.45 bits per heavy atom. The molecule has 3 rings (SSSR count). The van der Waals surface area contributed by atoms with Gasteiger partial charge in [0.05, 0.1) is 6.10 Å². The van der Waals surface area contributed by atoms with E-state index in [9.17, 15) is 5.11 Å². The summed E-state index contributed by atoms with van der Waals surface area (Å²) in [5.74, 6) is 0. The summed E-state index contributed by atoms with van der Waals surface area (Å²) in [5, 5.41) is 9.57. The molecule has 0 spiro atoms. The second-order valence-electron chi connectivity index (χ2n) is 6.98. The predicted molar refractivity (Wildman–Crippen MR) is 91.0 cm³/mol. The van der Waals surface area contributed by atoms with Crippen LogP contribution in [0, 0.1) is 0 Å². The SMILES string of the molecule is OC1CCN(Cc2ccc(CCN3CCCCC3)cc2)CC1. The molecule has 3 heteroatoms. The fourth-order valence-electron chi connectivity index (χ4n) is 3.62. The summed E-state index contributed by atoms with van der Waals surface area (Å²) < 4.78 is 0. The molecule has 3 nitrogen and oxygen atoms in total. The first kappa shape index (κ1) is 16.0. The average molecular weight is 302 g/mol. The zero-order chi connectivity index (χ0) is 15.2. The molecule has 1 N–H and O–H groups in total. The van der Waals surface area contributed by atoms with Gasteiger partial charge in [0.2, 0.25) is 0 Å². The van der Waals surface area contributed by atoms with E-state index in [1.807, 2.05) is 0 Å². The largest absolute Gasteiger partial charge is 0.393 e. The van der Waals surface area contributed by atoms with Crippen LogP contribution in [0.25, 0.3) is 0 Å². The number of likely N-dealkylation sites (tertiary alicyclic amines) is 2. The van der Waals surface area contributed by atoms with Gasteiger partial charge in [0, 0.05) is 26.2 Å². The minimum absolute atomic E-state index is 0.0755. The number of rotatable bonds is 5. The number of benzene rings is 1. The van der Waals surface area contributed by atoms with Crippen LogP contribution in [0.1, 0.15) is 43.2 Å². The van der Waals surface area contributed by atoms with Crippen molar-refractivity contribution in [1.82, 2.24) is 9.80 Å². The van der Waals surface area contributed by atoms with E-state index in [0.717, 1.165) is 32.5 Å². The van der Waals surface area contributed by atoms with Gasteiger partial charge in [-0.3, -0.25) is 4.90 Å². The van der Waals surface area contributed by atoms with Crippen LogP contribution in [0.3, 0.4) is 0 Å². The highest BCUT2D eigenvalue weighted by molar-refractivity contribution is 5.22. The van der Waals surface area contributed by atoms with Crippen molar-refractivity contribution in [3.05, 3.63) is 35.4 Å². The molecule has 0 atom stereocenters. The minimum atomic E-state index is -0.0755. The van der Waals surface area contributed by atoms with Crippen LogP contribution in [0.15, 0.2) is 24.3 Å². The molecule has 0 bridgehead atoms. The van der Waals surface area contributed by atoms with Gasteiger partial charge in [0.1, 0.15) is 0 Å². The highest BCUT2D eigenvalue weighted by atomic mass is 16.3. The van der Waals surface area contributed by atoms with Crippen molar-refractivity contribution < 1.29 is 5.11 Å². The van der Waals surface area contributed by atoms with Crippen LogP contribution in [-0.2, 0) is 13.0 Å². The first-order valence-electron chi connectivity index (χ1n) is 9.00. The summed E-state index contributed by atoms with van der Waals surface area (Å²) in [7, 11) is 0. The lowest BCUT2D eigenvalue weighted by Gasteiger charge is -2.29. The fraction of sp³-hybridized carbons (Fsp3) is 0.684. The maximum Gasteiger partial charge on any atom is 0.0564 e. The Morgan fingerprint density at radius 1 is 0.818 bits per heavy atom.